The van der Waals surface area contributed by atoms with E-state index in [1.807, 2.05) is 6.07 Å². The lowest BCUT2D eigenvalue weighted by atomic mass is 10.4. The van der Waals surface area contributed by atoms with Gasteiger partial charge in [0.05, 0.1) is 6.54 Å². The highest BCUT2D eigenvalue weighted by Crippen LogP contribution is 2.38. The van der Waals surface area contributed by atoms with Crippen molar-refractivity contribution in [1.82, 2.24) is 20.1 Å². The lowest BCUT2D eigenvalue weighted by Gasteiger charge is -2.02. The van der Waals surface area contributed by atoms with E-state index in [-0.39, 0.29) is 5.69 Å². The second kappa shape index (κ2) is 4.41. The maximum absolute atomic E-state index is 8.86. The Morgan fingerprint density at radius 3 is 3.00 bits per heavy atom. The number of nitrogens with one attached hydrogen (secondary N) is 1. The second-order valence-electron chi connectivity index (χ2n) is 4.04. The third-order valence-electron chi connectivity index (χ3n) is 2.63. The summed E-state index contributed by atoms with van der Waals surface area (Å²) in [4.78, 5) is 12.2. The van der Waals surface area contributed by atoms with Crippen LogP contribution in [-0.4, -0.2) is 20.1 Å². The fraction of sp³-hybridized carbons (Fsp3) is 0.364. The lowest BCUT2D eigenvalue weighted by Crippen LogP contribution is -2.05. The summed E-state index contributed by atoms with van der Waals surface area (Å²) >= 11 is 0. The van der Waals surface area contributed by atoms with Gasteiger partial charge in [0.2, 0.25) is 5.89 Å². The summed E-state index contributed by atoms with van der Waals surface area (Å²) in [5, 5.41) is 15.7. The highest BCUT2D eigenvalue weighted by atomic mass is 16.5. The Kier molecular flexibility index (Phi) is 2.61. The number of aromatic nitrogens is 4. The van der Waals surface area contributed by atoms with Crippen LogP contribution in [0.1, 0.15) is 36.2 Å². The van der Waals surface area contributed by atoms with Crippen LogP contribution in [0, 0.1) is 11.3 Å². The van der Waals surface area contributed by atoms with Crippen LogP contribution in [0.2, 0.25) is 0 Å². The average molecular weight is 242 g/mol. The summed E-state index contributed by atoms with van der Waals surface area (Å²) in [5.41, 5.74) is 0.253. The highest BCUT2D eigenvalue weighted by molar-refractivity contribution is 5.46. The largest absolute Gasteiger partial charge is 0.360 e. The Labute approximate surface area is 103 Å². The molecule has 0 aliphatic heterocycles. The summed E-state index contributed by atoms with van der Waals surface area (Å²) in [6.45, 7) is 0.365. The third kappa shape index (κ3) is 2.13. The van der Waals surface area contributed by atoms with Crippen molar-refractivity contribution in [1.29, 1.82) is 5.26 Å². The normalized spacial score (nSPS) is 14.2. The standard InChI is InChI=1S/C11H10N6O/c12-5-8-10(14-4-3-13-8)15-6-9-16-11(18-17-9)7-1-2-7/h3-4,7H,1-2,6H2,(H,14,15). The van der Waals surface area contributed by atoms with Gasteiger partial charge in [0.25, 0.3) is 0 Å². The molecule has 0 radical (unpaired) electrons. The summed E-state index contributed by atoms with van der Waals surface area (Å²) in [6.07, 6.45) is 5.24. The van der Waals surface area contributed by atoms with Gasteiger partial charge < -0.3 is 9.84 Å². The molecule has 90 valence electrons. The Morgan fingerprint density at radius 2 is 2.22 bits per heavy atom. The van der Waals surface area contributed by atoms with Crippen molar-refractivity contribution in [3.63, 3.8) is 0 Å². The Morgan fingerprint density at radius 1 is 1.39 bits per heavy atom. The summed E-state index contributed by atoms with van der Waals surface area (Å²) in [5.74, 6) is 2.13. The van der Waals surface area contributed by atoms with E-state index in [2.05, 4.69) is 25.4 Å². The Bertz CT molecular complexity index is 598. The molecule has 0 amide bonds. The number of anilines is 1. The monoisotopic (exact) mass is 242 g/mol. The number of hydrogen-bond acceptors (Lipinski definition) is 7. The summed E-state index contributed by atoms with van der Waals surface area (Å²) in [6, 6.07) is 1.96. The zero-order valence-corrected chi connectivity index (χ0v) is 9.50. The predicted molar refractivity (Wildman–Crippen MR) is 60.3 cm³/mol. The first-order valence-electron chi connectivity index (χ1n) is 5.64. The number of nitriles is 1. The van der Waals surface area contributed by atoms with Crippen LogP contribution in [-0.2, 0) is 6.54 Å². The van der Waals surface area contributed by atoms with Crippen LogP contribution >= 0.6 is 0 Å². The minimum atomic E-state index is 0.253. The van der Waals surface area contributed by atoms with Gasteiger partial charge in [-0.2, -0.15) is 10.2 Å². The van der Waals surface area contributed by atoms with Crippen molar-refractivity contribution >= 4 is 5.82 Å². The second-order valence-corrected chi connectivity index (χ2v) is 4.04. The number of rotatable bonds is 4. The smallest absolute Gasteiger partial charge is 0.229 e. The topological polar surface area (TPSA) is 101 Å². The number of nitrogens with zero attached hydrogens (tertiary/aromatic N) is 5. The van der Waals surface area contributed by atoms with E-state index >= 15 is 0 Å². The molecule has 3 rings (SSSR count). The van der Waals surface area contributed by atoms with E-state index in [1.165, 1.54) is 12.4 Å². The first-order chi connectivity index (χ1) is 8.86. The van der Waals surface area contributed by atoms with Gasteiger partial charge >= 0.3 is 0 Å². The van der Waals surface area contributed by atoms with Crippen molar-refractivity contribution < 1.29 is 4.52 Å². The van der Waals surface area contributed by atoms with Crippen LogP contribution in [0.3, 0.4) is 0 Å². The zero-order valence-electron chi connectivity index (χ0n) is 9.50. The predicted octanol–water partition coefficient (Wildman–Crippen LogP) is 1.22. The SMILES string of the molecule is N#Cc1nccnc1NCc1noc(C2CC2)n1. The van der Waals surface area contributed by atoms with E-state index < -0.39 is 0 Å². The molecule has 7 nitrogen and oxygen atoms in total. The molecule has 2 aromatic heterocycles. The molecule has 0 atom stereocenters. The van der Waals surface area contributed by atoms with E-state index in [4.69, 9.17) is 9.78 Å². The molecule has 1 aliphatic carbocycles. The van der Waals surface area contributed by atoms with Gasteiger partial charge in [-0.3, -0.25) is 0 Å². The van der Waals surface area contributed by atoms with Crippen molar-refractivity contribution in [2.24, 2.45) is 0 Å². The first kappa shape index (κ1) is 10.7. The first-order valence-corrected chi connectivity index (χ1v) is 5.64. The molecule has 1 N–H and O–H groups in total. The average Bonchev–Trinajstić information content (AvgIpc) is 3.16. The van der Waals surface area contributed by atoms with Crippen molar-refractivity contribution in [3.05, 3.63) is 29.8 Å². The highest BCUT2D eigenvalue weighted by Gasteiger charge is 2.29. The molecule has 2 aromatic rings. The molecule has 1 saturated carbocycles. The quantitative estimate of drug-likeness (QED) is 0.860. The zero-order chi connectivity index (χ0) is 12.4. The molecular formula is C11H10N6O. The van der Waals surface area contributed by atoms with Crippen molar-refractivity contribution in [3.8, 4) is 6.07 Å². The molecule has 7 heteroatoms. The van der Waals surface area contributed by atoms with Crippen LogP contribution in [0.15, 0.2) is 16.9 Å². The van der Waals surface area contributed by atoms with Crippen LogP contribution in [0.25, 0.3) is 0 Å². The van der Waals surface area contributed by atoms with Crippen molar-refractivity contribution in [2.45, 2.75) is 25.3 Å². The van der Waals surface area contributed by atoms with E-state index in [9.17, 15) is 0 Å². The minimum absolute atomic E-state index is 0.253. The Hall–Kier alpha value is -2.49. The molecule has 0 bridgehead atoms. The molecule has 0 unspecified atom stereocenters. The third-order valence-corrected chi connectivity index (χ3v) is 2.63. The molecule has 0 spiro atoms. The fourth-order valence-corrected chi connectivity index (χ4v) is 1.55. The molecule has 1 fully saturated rings. The van der Waals surface area contributed by atoms with Crippen LogP contribution in [0.4, 0.5) is 5.82 Å². The van der Waals surface area contributed by atoms with Gasteiger partial charge in [0, 0.05) is 18.3 Å². The van der Waals surface area contributed by atoms with Gasteiger partial charge in [-0.25, -0.2) is 9.97 Å². The van der Waals surface area contributed by atoms with Gasteiger partial charge in [0.15, 0.2) is 17.3 Å². The van der Waals surface area contributed by atoms with Gasteiger partial charge in [0.1, 0.15) is 6.07 Å². The Balaban J connectivity index is 1.68. The summed E-state index contributed by atoms with van der Waals surface area (Å²) < 4.78 is 5.13. The molecular weight excluding hydrogens is 232 g/mol. The van der Waals surface area contributed by atoms with Crippen molar-refractivity contribution in [2.75, 3.05) is 5.32 Å². The minimum Gasteiger partial charge on any atom is -0.360 e. The van der Waals surface area contributed by atoms with Gasteiger partial charge in [-0.1, -0.05) is 5.16 Å². The molecule has 0 saturated heterocycles. The molecule has 1 aliphatic rings. The van der Waals surface area contributed by atoms with Crippen LogP contribution < -0.4 is 5.32 Å². The van der Waals surface area contributed by atoms with E-state index in [1.54, 1.807) is 0 Å². The molecule has 0 aromatic carbocycles. The van der Waals surface area contributed by atoms with Gasteiger partial charge in [-0.15, -0.1) is 0 Å². The summed E-state index contributed by atoms with van der Waals surface area (Å²) in [7, 11) is 0. The van der Waals surface area contributed by atoms with Crippen LogP contribution in [0.5, 0.6) is 0 Å². The maximum Gasteiger partial charge on any atom is 0.229 e. The fourth-order valence-electron chi connectivity index (χ4n) is 1.55. The number of hydrogen-bond donors (Lipinski definition) is 1. The molecule has 18 heavy (non-hydrogen) atoms. The maximum atomic E-state index is 8.86. The van der Waals surface area contributed by atoms with E-state index in [0.29, 0.717) is 30.0 Å². The lowest BCUT2D eigenvalue weighted by molar-refractivity contribution is 0.374. The van der Waals surface area contributed by atoms with E-state index in [0.717, 1.165) is 12.8 Å². The molecule has 2 heterocycles. The van der Waals surface area contributed by atoms with Gasteiger partial charge in [-0.05, 0) is 12.8 Å².